The van der Waals surface area contributed by atoms with E-state index >= 15 is 0 Å². The van der Waals surface area contributed by atoms with Crippen LogP contribution in [0.5, 0.6) is 0 Å². The maximum Gasteiger partial charge on any atom is 0.251 e. The number of rotatable bonds is 10. The van der Waals surface area contributed by atoms with E-state index in [4.69, 9.17) is 4.99 Å². The molecule has 9 heteroatoms. The first kappa shape index (κ1) is 28.2. The van der Waals surface area contributed by atoms with E-state index in [9.17, 15) is 9.59 Å². The van der Waals surface area contributed by atoms with Gasteiger partial charge in [-0.2, -0.15) is 0 Å². The van der Waals surface area contributed by atoms with Crippen molar-refractivity contribution in [2.75, 3.05) is 46.3 Å². The smallest absolute Gasteiger partial charge is 0.251 e. The van der Waals surface area contributed by atoms with Gasteiger partial charge < -0.3 is 21.3 Å². The Labute approximate surface area is 209 Å². The molecule has 32 heavy (non-hydrogen) atoms. The first-order chi connectivity index (χ1) is 15.0. The predicted octanol–water partition coefficient (Wildman–Crippen LogP) is 1.75. The SMILES string of the molecule is CCCNC(=O)CN1CCC(NC(=NCCc2cccc(C(=O)NC)c2)NCC)CC1.I. The summed E-state index contributed by atoms with van der Waals surface area (Å²) in [4.78, 5) is 30.6. The molecule has 0 bridgehead atoms. The van der Waals surface area contributed by atoms with Gasteiger partial charge in [-0.1, -0.05) is 19.1 Å². The number of piperidine rings is 1. The minimum absolute atomic E-state index is 0. The maximum atomic E-state index is 11.9. The maximum absolute atomic E-state index is 11.9. The Kier molecular flexibility index (Phi) is 13.9. The molecular formula is C23H39IN6O2. The lowest BCUT2D eigenvalue weighted by Gasteiger charge is -2.32. The van der Waals surface area contributed by atoms with Gasteiger partial charge in [0.15, 0.2) is 5.96 Å². The first-order valence-corrected chi connectivity index (χ1v) is 11.4. The first-order valence-electron chi connectivity index (χ1n) is 11.4. The second-order valence-corrected chi connectivity index (χ2v) is 7.83. The molecule has 2 amide bonds. The van der Waals surface area contributed by atoms with E-state index in [1.165, 1.54) is 0 Å². The zero-order chi connectivity index (χ0) is 22.5. The van der Waals surface area contributed by atoms with Gasteiger partial charge in [0.2, 0.25) is 5.91 Å². The van der Waals surface area contributed by atoms with Crippen LogP contribution in [-0.2, 0) is 11.2 Å². The highest BCUT2D eigenvalue weighted by atomic mass is 127. The molecule has 0 atom stereocenters. The van der Waals surface area contributed by atoms with Crippen molar-refractivity contribution >= 4 is 41.8 Å². The standard InChI is InChI=1S/C23H38N6O2.HI/c1-4-12-26-21(30)17-29-14-10-20(11-15-29)28-23(25-5-2)27-13-9-18-7-6-8-19(16-18)22(31)24-3;/h6-8,16,20H,4-5,9-15,17H2,1-3H3,(H,24,31)(H,26,30)(H2,25,27,28);1H. The molecule has 0 saturated carbocycles. The van der Waals surface area contributed by atoms with Crippen molar-refractivity contribution in [3.8, 4) is 0 Å². The van der Waals surface area contributed by atoms with Crippen molar-refractivity contribution in [1.82, 2.24) is 26.2 Å². The number of benzene rings is 1. The van der Waals surface area contributed by atoms with Crippen LogP contribution in [0.15, 0.2) is 29.3 Å². The average Bonchev–Trinajstić information content (AvgIpc) is 2.78. The van der Waals surface area contributed by atoms with Crippen molar-refractivity contribution in [3.63, 3.8) is 0 Å². The molecule has 0 aromatic heterocycles. The predicted molar refractivity (Wildman–Crippen MR) is 141 cm³/mol. The van der Waals surface area contributed by atoms with E-state index in [1.807, 2.05) is 24.3 Å². The molecule has 180 valence electrons. The summed E-state index contributed by atoms with van der Waals surface area (Å²) in [5.74, 6) is 0.863. The number of carbonyl (C=O) groups excluding carboxylic acids is 2. The molecule has 1 fully saturated rings. The molecule has 1 saturated heterocycles. The summed E-state index contributed by atoms with van der Waals surface area (Å²) in [5.41, 5.74) is 1.76. The third-order valence-corrected chi connectivity index (χ3v) is 5.30. The van der Waals surface area contributed by atoms with Gasteiger partial charge in [-0.15, -0.1) is 24.0 Å². The quantitative estimate of drug-likeness (QED) is 0.199. The van der Waals surface area contributed by atoms with Crippen LogP contribution in [0.25, 0.3) is 0 Å². The number of halogens is 1. The molecule has 1 heterocycles. The molecule has 0 spiro atoms. The summed E-state index contributed by atoms with van der Waals surface area (Å²) in [6.07, 6.45) is 3.70. The normalized spacial score (nSPS) is 14.9. The fourth-order valence-electron chi connectivity index (χ4n) is 3.58. The van der Waals surface area contributed by atoms with Gasteiger partial charge in [0.05, 0.1) is 6.54 Å². The number of hydrogen-bond acceptors (Lipinski definition) is 4. The summed E-state index contributed by atoms with van der Waals surface area (Å²) >= 11 is 0. The van der Waals surface area contributed by atoms with Crippen LogP contribution < -0.4 is 21.3 Å². The van der Waals surface area contributed by atoms with Crippen LogP contribution in [0.2, 0.25) is 0 Å². The second-order valence-electron chi connectivity index (χ2n) is 7.83. The van der Waals surface area contributed by atoms with Gasteiger partial charge in [-0.05, 0) is 50.3 Å². The molecule has 1 aliphatic rings. The lowest BCUT2D eigenvalue weighted by molar-refractivity contribution is -0.122. The number of nitrogens with zero attached hydrogens (tertiary/aromatic N) is 2. The van der Waals surface area contributed by atoms with E-state index in [2.05, 4.69) is 40.0 Å². The van der Waals surface area contributed by atoms with Crippen molar-refractivity contribution < 1.29 is 9.59 Å². The molecule has 4 N–H and O–H groups in total. The summed E-state index contributed by atoms with van der Waals surface area (Å²) < 4.78 is 0. The van der Waals surface area contributed by atoms with E-state index < -0.39 is 0 Å². The lowest BCUT2D eigenvalue weighted by Crippen LogP contribution is -2.50. The largest absolute Gasteiger partial charge is 0.357 e. The van der Waals surface area contributed by atoms with Gasteiger partial charge in [0, 0.05) is 51.4 Å². The lowest BCUT2D eigenvalue weighted by atomic mass is 10.1. The Bertz CT molecular complexity index is 735. The van der Waals surface area contributed by atoms with E-state index in [-0.39, 0.29) is 35.8 Å². The Morgan fingerprint density at radius 2 is 1.91 bits per heavy atom. The van der Waals surface area contributed by atoms with Crippen LogP contribution in [0.4, 0.5) is 0 Å². The Morgan fingerprint density at radius 3 is 2.56 bits per heavy atom. The van der Waals surface area contributed by atoms with Crippen LogP contribution in [0, 0.1) is 0 Å². The van der Waals surface area contributed by atoms with Gasteiger partial charge in [0.1, 0.15) is 0 Å². The van der Waals surface area contributed by atoms with E-state index in [0.717, 1.165) is 63.4 Å². The number of amides is 2. The fourth-order valence-corrected chi connectivity index (χ4v) is 3.58. The molecule has 1 aromatic rings. The Hall–Kier alpha value is -1.88. The number of guanidine groups is 1. The zero-order valence-electron chi connectivity index (χ0n) is 19.6. The third kappa shape index (κ3) is 10.2. The minimum Gasteiger partial charge on any atom is -0.357 e. The topological polar surface area (TPSA) is 97.9 Å². The summed E-state index contributed by atoms with van der Waals surface area (Å²) in [6, 6.07) is 8.01. The average molecular weight is 559 g/mol. The molecule has 0 radical (unpaired) electrons. The number of hydrogen-bond donors (Lipinski definition) is 4. The monoisotopic (exact) mass is 558 g/mol. The van der Waals surface area contributed by atoms with E-state index in [1.54, 1.807) is 7.05 Å². The van der Waals surface area contributed by atoms with Gasteiger partial charge in [-0.25, -0.2) is 0 Å². The van der Waals surface area contributed by atoms with Crippen LogP contribution in [-0.4, -0.2) is 75.0 Å². The number of nitrogens with one attached hydrogen (secondary N) is 4. The van der Waals surface area contributed by atoms with Crippen molar-refractivity contribution in [1.29, 1.82) is 0 Å². The molecule has 8 nitrogen and oxygen atoms in total. The molecule has 1 aliphatic heterocycles. The highest BCUT2D eigenvalue weighted by Crippen LogP contribution is 2.10. The van der Waals surface area contributed by atoms with Crippen LogP contribution >= 0.6 is 24.0 Å². The Balaban J connectivity index is 0.00000512. The highest BCUT2D eigenvalue weighted by Gasteiger charge is 2.21. The zero-order valence-corrected chi connectivity index (χ0v) is 21.9. The van der Waals surface area contributed by atoms with Crippen molar-refractivity contribution in [2.24, 2.45) is 4.99 Å². The third-order valence-electron chi connectivity index (χ3n) is 5.30. The molecule has 0 aliphatic carbocycles. The Morgan fingerprint density at radius 1 is 1.16 bits per heavy atom. The van der Waals surface area contributed by atoms with Crippen LogP contribution in [0.1, 0.15) is 49.0 Å². The van der Waals surface area contributed by atoms with Crippen LogP contribution in [0.3, 0.4) is 0 Å². The minimum atomic E-state index is -0.0745. The molecule has 0 unspecified atom stereocenters. The van der Waals surface area contributed by atoms with Crippen molar-refractivity contribution in [3.05, 3.63) is 35.4 Å². The molecular weight excluding hydrogens is 519 g/mol. The number of likely N-dealkylation sites (tertiary alicyclic amines) is 1. The highest BCUT2D eigenvalue weighted by molar-refractivity contribution is 14.0. The van der Waals surface area contributed by atoms with Gasteiger partial charge >= 0.3 is 0 Å². The second kappa shape index (κ2) is 15.8. The van der Waals surface area contributed by atoms with Gasteiger partial charge in [-0.3, -0.25) is 19.5 Å². The molecule has 2 rings (SSSR count). The number of carbonyl (C=O) groups is 2. The number of aliphatic imine (C=N–C) groups is 1. The van der Waals surface area contributed by atoms with E-state index in [0.29, 0.717) is 24.7 Å². The summed E-state index contributed by atoms with van der Waals surface area (Å²) in [7, 11) is 1.64. The van der Waals surface area contributed by atoms with Gasteiger partial charge in [0.25, 0.3) is 5.91 Å². The summed E-state index contributed by atoms with van der Waals surface area (Å²) in [6.45, 7) is 8.60. The fraction of sp³-hybridized carbons (Fsp3) is 0.609. The molecule has 1 aromatic carbocycles. The summed E-state index contributed by atoms with van der Waals surface area (Å²) in [5, 5.41) is 12.5. The van der Waals surface area contributed by atoms with Crippen molar-refractivity contribution in [2.45, 2.75) is 45.6 Å².